The molecule has 21 heavy (non-hydrogen) atoms. The fourth-order valence-corrected chi connectivity index (χ4v) is 2.72. The number of amides is 1. The average molecular weight is 288 g/mol. The topological polar surface area (TPSA) is 50.4 Å². The molecule has 0 saturated carbocycles. The van der Waals surface area contributed by atoms with E-state index in [1.807, 2.05) is 13.1 Å². The molecule has 1 aromatic rings. The monoisotopic (exact) mass is 288 g/mol. The summed E-state index contributed by atoms with van der Waals surface area (Å²) in [4.78, 5) is 11.8. The van der Waals surface area contributed by atoms with Crippen molar-refractivity contribution in [3.8, 4) is 5.75 Å². The summed E-state index contributed by atoms with van der Waals surface area (Å²) in [5.74, 6) is 0.620. The van der Waals surface area contributed by atoms with Crippen LogP contribution in [-0.2, 0) is 11.2 Å². The van der Waals surface area contributed by atoms with E-state index < -0.39 is 6.10 Å². The lowest BCUT2D eigenvalue weighted by atomic mass is 9.87. The molecule has 2 rings (SSSR count). The number of rotatable bonds is 6. The Bertz CT molecular complexity index is 514. The predicted octanol–water partition coefficient (Wildman–Crippen LogP) is 2.35. The highest BCUT2D eigenvalue weighted by molar-refractivity contribution is 5.80. The van der Waals surface area contributed by atoms with Crippen molar-refractivity contribution in [3.63, 3.8) is 0 Å². The number of fused-ring (bicyclic) bond motifs is 1. The summed E-state index contributed by atoms with van der Waals surface area (Å²) >= 11 is 0. The third kappa shape index (κ3) is 3.85. The zero-order chi connectivity index (χ0) is 15.2. The van der Waals surface area contributed by atoms with Gasteiger partial charge in [-0.3, -0.25) is 4.79 Å². The summed E-state index contributed by atoms with van der Waals surface area (Å²) in [7, 11) is 1.98. The number of carbonyl (C=O) groups is 1. The van der Waals surface area contributed by atoms with E-state index in [0.29, 0.717) is 12.6 Å². The molecule has 0 radical (unpaired) electrons. The SMILES string of the molecule is C=CCNC(=O)C(C)Oc1ccc2c(c1)C(NC)CCC2. The average Bonchev–Trinajstić information content (AvgIpc) is 2.51. The zero-order valence-corrected chi connectivity index (χ0v) is 12.8. The van der Waals surface area contributed by atoms with Gasteiger partial charge in [-0.25, -0.2) is 0 Å². The van der Waals surface area contributed by atoms with Crippen molar-refractivity contribution in [3.05, 3.63) is 42.0 Å². The van der Waals surface area contributed by atoms with Crippen LogP contribution in [0.5, 0.6) is 5.75 Å². The van der Waals surface area contributed by atoms with Crippen LogP contribution < -0.4 is 15.4 Å². The number of aryl methyl sites for hydroxylation is 1. The zero-order valence-electron chi connectivity index (χ0n) is 12.8. The van der Waals surface area contributed by atoms with Gasteiger partial charge in [0.25, 0.3) is 5.91 Å². The van der Waals surface area contributed by atoms with Crippen LogP contribution in [0, 0.1) is 0 Å². The number of nitrogens with one attached hydrogen (secondary N) is 2. The Balaban J connectivity index is 2.07. The molecule has 0 aromatic heterocycles. The van der Waals surface area contributed by atoms with Crippen LogP contribution in [0.4, 0.5) is 0 Å². The molecule has 2 N–H and O–H groups in total. The van der Waals surface area contributed by atoms with Gasteiger partial charge in [-0.15, -0.1) is 6.58 Å². The Hall–Kier alpha value is -1.81. The number of carbonyl (C=O) groups excluding carboxylic acids is 1. The molecule has 114 valence electrons. The molecule has 0 aliphatic heterocycles. The van der Waals surface area contributed by atoms with E-state index in [4.69, 9.17) is 4.74 Å². The second-order valence-corrected chi connectivity index (χ2v) is 5.39. The van der Waals surface area contributed by atoms with Crippen LogP contribution in [0.2, 0.25) is 0 Å². The van der Waals surface area contributed by atoms with Gasteiger partial charge in [0.15, 0.2) is 6.10 Å². The van der Waals surface area contributed by atoms with E-state index in [1.165, 1.54) is 17.5 Å². The molecule has 1 aliphatic rings. The fraction of sp³-hybridized carbons (Fsp3) is 0.471. The van der Waals surface area contributed by atoms with E-state index >= 15 is 0 Å². The predicted molar refractivity (Wildman–Crippen MR) is 84.5 cm³/mol. The third-order valence-electron chi connectivity index (χ3n) is 3.88. The van der Waals surface area contributed by atoms with Crippen molar-refractivity contribution in [2.75, 3.05) is 13.6 Å². The maximum absolute atomic E-state index is 11.8. The number of hydrogen-bond acceptors (Lipinski definition) is 3. The molecular formula is C17H24N2O2. The Morgan fingerprint density at radius 1 is 1.57 bits per heavy atom. The quantitative estimate of drug-likeness (QED) is 0.790. The molecule has 4 heteroatoms. The highest BCUT2D eigenvalue weighted by Gasteiger charge is 2.20. The van der Waals surface area contributed by atoms with Crippen LogP contribution in [0.1, 0.15) is 36.9 Å². The first-order chi connectivity index (χ1) is 10.2. The number of benzene rings is 1. The molecule has 1 aromatic carbocycles. The molecule has 0 bridgehead atoms. The van der Waals surface area contributed by atoms with Gasteiger partial charge in [-0.2, -0.15) is 0 Å². The first-order valence-electron chi connectivity index (χ1n) is 7.51. The largest absolute Gasteiger partial charge is 0.481 e. The van der Waals surface area contributed by atoms with Gasteiger partial charge in [0.2, 0.25) is 0 Å². The van der Waals surface area contributed by atoms with Gasteiger partial charge < -0.3 is 15.4 Å². The van der Waals surface area contributed by atoms with Crippen LogP contribution >= 0.6 is 0 Å². The third-order valence-corrected chi connectivity index (χ3v) is 3.88. The Kier molecular flexibility index (Phi) is 5.39. The molecule has 0 fully saturated rings. The van der Waals surface area contributed by atoms with Crippen LogP contribution in [0.15, 0.2) is 30.9 Å². The molecular weight excluding hydrogens is 264 g/mol. The molecule has 0 saturated heterocycles. The Morgan fingerprint density at radius 2 is 2.38 bits per heavy atom. The molecule has 0 heterocycles. The summed E-state index contributed by atoms with van der Waals surface area (Å²) in [6, 6.07) is 6.51. The van der Waals surface area contributed by atoms with Crippen molar-refractivity contribution in [1.29, 1.82) is 0 Å². The second kappa shape index (κ2) is 7.27. The van der Waals surface area contributed by atoms with E-state index in [2.05, 4.69) is 29.3 Å². The maximum atomic E-state index is 11.8. The fourth-order valence-electron chi connectivity index (χ4n) is 2.72. The van der Waals surface area contributed by atoms with E-state index in [0.717, 1.165) is 18.6 Å². The molecule has 0 spiro atoms. The Labute approximate surface area is 126 Å². The van der Waals surface area contributed by atoms with Gasteiger partial charge in [-0.05, 0) is 56.5 Å². The van der Waals surface area contributed by atoms with E-state index in [1.54, 1.807) is 13.0 Å². The first kappa shape index (κ1) is 15.6. The summed E-state index contributed by atoms with van der Waals surface area (Å²) in [5.41, 5.74) is 2.66. The molecule has 4 nitrogen and oxygen atoms in total. The van der Waals surface area contributed by atoms with Gasteiger partial charge in [0.05, 0.1) is 0 Å². The highest BCUT2D eigenvalue weighted by atomic mass is 16.5. The van der Waals surface area contributed by atoms with E-state index in [9.17, 15) is 4.79 Å². The summed E-state index contributed by atoms with van der Waals surface area (Å²) in [6.07, 6.45) is 4.60. The Morgan fingerprint density at radius 3 is 3.10 bits per heavy atom. The maximum Gasteiger partial charge on any atom is 0.261 e. The lowest BCUT2D eigenvalue weighted by Gasteiger charge is -2.26. The van der Waals surface area contributed by atoms with Gasteiger partial charge in [0.1, 0.15) is 5.75 Å². The minimum atomic E-state index is -0.514. The second-order valence-electron chi connectivity index (χ2n) is 5.39. The number of ether oxygens (including phenoxy) is 1. The summed E-state index contributed by atoms with van der Waals surface area (Å²) < 4.78 is 5.76. The van der Waals surface area contributed by atoms with Gasteiger partial charge >= 0.3 is 0 Å². The summed E-state index contributed by atoms with van der Waals surface area (Å²) in [5, 5.41) is 6.09. The van der Waals surface area contributed by atoms with Crippen molar-refractivity contribution in [1.82, 2.24) is 10.6 Å². The lowest BCUT2D eigenvalue weighted by Crippen LogP contribution is -2.36. The first-order valence-corrected chi connectivity index (χ1v) is 7.51. The van der Waals surface area contributed by atoms with Gasteiger partial charge in [0, 0.05) is 12.6 Å². The number of hydrogen-bond donors (Lipinski definition) is 2. The smallest absolute Gasteiger partial charge is 0.261 e. The van der Waals surface area contributed by atoms with Crippen LogP contribution in [0.25, 0.3) is 0 Å². The van der Waals surface area contributed by atoms with Crippen molar-refractivity contribution >= 4 is 5.91 Å². The minimum absolute atomic E-state index is 0.127. The molecule has 1 aliphatic carbocycles. The molecule has 2 atom stereocenters. The standard InChI is InChI=1S/C17H24N2O2/c1-4-10-19-17(20)12(2)21-14-9-8-13-6-5-7-16(18-3)15(13)11-14/h4,8-9,11-12,16,18H,1,5-7,10H2,2-3H3,(H,19,20). The molecule has 1 amide bonds. The van der Waals surface area contributed by atoms with Crippen LogP contribution in [0.3, 0.4) is 0 Å². The van der Waals surface area contributed by atoms with Crippen molar-refractivity contribution in [2.45, 2.75) is 38.3 Å². The lowest BCUT2D eigenvalue weighted by molar-refractivity contribution is -0.127. The summed E-state index contributed by atoms with van der Waals surface area (Å²) in [6.45, 7) is 5.79. The van der Waals surface area contributed by atoms with Crippen molar-refractivity contribution < 1.29 is 9.53 Å². The van der Waals surface area contributed by atoms with Crippen LogP contribution in [-0.4, -0.2) is 25.6 Å². The minimum Gasteiger partial charge on any atom is -0.481 e. The van der Waals surface area contributed by atoms with Gasteiger partial charge in [-0.1, -0.05) is 12.1 Å². The van der Waals surface area contributed by atoms with Crippen molar-refractivity contribution in [2.24, 2.45) is 0 Å². The normalized spacial score (nSPS) is 18.5. The highest BCUT2D eigenvalue weighted by Crippen LogP contribution is 2.32. The van der Waals surface area contributed by atoms with E-state index in [-0.39, 0.29) is 5.91 Å². The molecule has 2 unspecified atom stereocenters.